The Morgan fingerprint density at radius 1 is 1.24 bits per heavy atom. The van der Waals surface area contributed by atoms with Crippen LogP contribution in [0.2, 0.25) is 0 Å². The van der Waals surface area contributed by atoms with Crippen molar-refractivity contribution in [3.8, 4) is 10.6 Å². The number of aromatic nitrogens is 1. The molecule has 0 bridgehead atoms. The van der Waals surface area contributed by atoms with E-state index in [1.54, 1.807) is 25.2 Å². The van der Waals surface area contributed by atoms with E-state index < -0.39 is 5.60 Å². The highest BCUT2D eigenvalue weighted by molar-refractivity contribution is 7.13. The zero-order valence-corrected chi connectivity index (χ0v) is 11.2. The van der Waals surface area contributed by atoms with Crippen molar-refractivity contribution in [3.05, 3.63) is 40.9 Å². The molecule has 1 N–H and O–H groups in total. The average Bonchev–Trinajstić information content (AvgIpc) is 2.78. The number of thiazole rings is 1. The number of aliphatic hydroxyl groups is 1. The summed E-state index contributed by atoms with van der Waals surface area (Å²) in [7, 11) is 0. The van der Waals surface area contributed by atoms with Gasteiger partial charge < -0.3 is 5.11 Å². The van der Waals surface area contributed by atoms with Gasteiger partial charge >= 0.3 is 0 Å². The Hall–Kier alpha value is -1.19. The fourth-order valence-electron chi connectivity index (χ4n) is 1.57. The molecule has 0 atom stereocenters. The van der Waals surface area contributed by atoms with Crippen molar-refractivity contribution in [3.63, 3.8) is 0 Å². The van der Waals surface area contributed by atoms with E-state index in [0.29, 0.717) is 0 Å². The highest BCUT2D eigenvalue weighted by Crippen LogP contribution is 2.28. The molecule has 0 aliphatic heterocycles. The van der Waals surface area contributed by atoms with Crippen molar-refractivity contribution < 1.29 is 5.11 Å². The number of hydrogen-bond acceptors (Lipinski definition) is 3. The van der Waals surface area contributed by atoms with Crippen LogP contribution in [0.25, 0.3) is 10.6 Å². The van der Waals surface area contributed by atoms with E-state index in [9.17, 15) is 5.11 Å². The maximum absolute atomic E-state index is 9.88. The van der Waals surface area contributed by atoms with Crippen LogP contribution in [-0.4, -0.2) is 10.1 Å². The standard InChI is InChI=1S/C14H17NOS/c1-4-10-5-7-11(8-6-10)13-15-12(9-17-13)14(2,3)16/h5-9,16H,4H2,1-3H3. The molecule has 0 aliphatic carbocycles. The van der Waals surface area contributed by atoms with E-state index in [1.165, 1.54) is 5.56 Å². The Labute approximate surface area is 106 Å². The molecule has 0 saturated carbocycles. The number of nitrogens with zero attached hydrogens (tertiary/aromatic N) is 1. The van der Waals surface area contributed by atoms with Gasteiger partial charge in [-0.15, -0.1) is 11.3 Å². The molecule has 17 heavy (non-hydrogen) atoms. The Morgan fingerprint density at radius 3 is 2.35 bits per heavy atom. The van der Waals surface area contributed by atoms with Gasteiger partial charge in [0.2, 0.25) is 0 Å². The number of aryl methyl sites for hydroxylation is 1. The Bertz CT molecular complexity index is 494. The Kier molecular flexibility index (Phi) is 3.31. The van der Waals surface area contributed by atoms with E-state index in [0.717, 1.165) is 22.7 Å². The summed E-state index contributed by atoms with van der Waals surface area (Å²) in [6.45, 7) is 5.66. The van der Waals surface area contributed by atoms with E-state index in [4.69, 9.17) is 0 Å². The van der Waals surface area contributed by atoms with Crippen molar-refractivity contribution in [2.45, 2.75) is 32.8 Å². The second-order valence-electron chi connectivity index (χ2n) is 4.65. The van der Waals surface area contributed by atoms with E-state index in [2.05, 4.69) is 36.2 Å². The molecule has 1 heterocycles. The van der Waals surface area contributed by atoms with Crippen LogP contribution in [0.3, 0.4) is 0 Å². The maximum Gasteiger partial charge on any atom is 0.123 e. The van der Waals surface area contributed by atoms with Gasteiger partial charge in [-0.3, -0.25) is 0 Å². The summed E-state index contributed by atoms with van der Waals surface area (Å²) in [5, 5.41) is 12.8. The summed E-state index contributed by atoms with van der Waals surface area (Å²) in [5.41, 5.74) is 2.31. The summed E-state index contributed by atoms with van der Waals surface area (Å²) < 4.78 is 0. The molecule has 90 valence electrons. The lowest BCUT2D eigenvalue weighted by atomic mass is 10.1. The predicted octanol–water partition coefficient (Wildman–Crippen LogP) is 3.60. The number of benzene rings is 1. The van der Waals surface area contributed by atoms with Crippen LogP contribution in [0.5, 0.6) is 0 Å². The second-order valence-corrected chi connectivity index (χ2v) is 5.51. The first-order valence-electron chi connectivity index (χ1n) is 5.78. The number of hydrogen-bond donors (Lipinski definition) is 1. The molecule has 0 unspecified atom stereocenters. The van der Waals surface area contributed by atoms with Crippen molar-refractivity contribution >= 4 is 11.3 Å². The molecular weight excluding hydrogens is 230 g/mol. The largest absolute Gasteiger partial charge is 0.384 e. The monoisotopic (exact) mass is 247 g/mol. The molecule has 2 aromatic rings. The van der Waals surface area contributed by atoms with Gasteiger partial charge in [0.15, 0.2) is 0 Å². The van der Waals surface area contributed by atoms with Crippen molar-refractivity contribution in [2.24, 2.45) is 0 Å². The Balaban J connectivity index is 2.30. The minimum absolute atomic E-state index is 0.733. The predicted molar refractivity (Wildman–Crippen MR) is 72.2 cm³/mol. The number of rotatable bonds is 3. The lowest BCUT2D eigenvalue weighted by Crippen LogP contribution is -2.15. The SMILES string of the molecule is CCc1ccc(-c2nc(C(C)(C)O)cs2)cc1. The molecule has 0 radical (unpaired) electrons. The summed E-state index contributed by atoms with van der Waals surface area (Å²) in [5.74, 6) is 0. The van der Waals surface area contributed by atoms with Gasteiger partial charge in [0.25, 0.3) is 0 Å². The molecule has 1 aromatic carbocycles. The third-order valence-electron chi connectivity index (χ3n) is 2.74. The van der Waals surface area contributed by atoms with Crippen LogP contribution in [-0.2, 0) is 12.0 Å². The minimum Gasteiger partial charge on any atom is -0.384 e. The maximum atomic E-state index is 9.88. The molecule has 0 saturated heterocycles. The fourth-order valence-corrected chi connectivity index (χ4v) is 2.56. The van der Waals surface area contributed by atoms with Crippen LogP contribution in [0.4, 0.5) is 0 Å². The Morgan fingerprint density at radius 2 is 1.88 bits per heavy atom. The van der Waals surface area contributed by atoms with Gasteiger partial charge in [-0.25, -0.2) is 4.98 Å². The van der Waals surface area contributed by atoms with Gasteiger partial charge in [-0.2, -0.15) is 0 Å². The molecule has 1 aromatic heterocycles. The van der Waals surface area contributed by atoms with Crippen LogP contribution >= 0.6 is 11.3 Å². The lowest BCUT2D eigenvalue weighted by Gasteiger charge is -2.12. The van der Waals surface area contributed by atoms with Gasteiger partial charge in [0, 0.05) is 10.9 Å². The summed E-state index contributed by atoms with van der Waals surface area (Å²) in [6.07, 6.45) is 1.05. The topological polar surface area (TPSA) is 33.1 Å². The molecule has 2 nitrogen and oxygen atoms in total. The van der Waals surface area contributed by atoms with Gasteiger partial charge in [-0.05, 0) is 25.8 Å². The molecular formula is C14H17NOS. The zero-order chi connectivity index (χ0) is 12.5. The van der Waals surface area contributed by atoms with E-state index >= 15 is 0 Å². The highest BCUT2D eigenvalue weighted by Gasteiger charge is 2.19. The van der Waals surface area contributed by atoms with Crippen LogP contribution in [0, 0.1) is 0 Å². The van der Waals surface area contributed by atoms with Crippen LogP contribution in [0.1, 0.15) is 32.0 Å². The van der Waals surface area contributed by atoms with Gasteiger partial charge in [-0.1, -0.05) is 31.2 Å². The first-order chi connectivity index (χ1) is 8.00. The third-order valence-corrected chi connectivity index (χ3v) is 3.63. The zero-order valence-electron chi connectivity index (χ0n) is 10.4. The smallest absolute Gasteiger partial charge is 0.123 e. The third kappa shape index (κ3) is 2.73. The van der Waals surface area contributed by atoms with Crippen LogP contribution in [0.15, 0.2) is 29.6 Å². The first kappa shape index (κ1) is 12.3. The quantitative estimate of drug-likeness (QED) is 0.899. The normalized spacial score (nSPS) is 11.8. The molecule has 2 rings (SSSR count). The molecule has 0 fully saturated rings. The van der Waals surface area contributed by atoms with Crippen LogP contribution < -0.4 is 0 Å². The second kappa shape index (κ2) is 4.59. The minimum atomic E-state index is -0.863. The van der Waals surface area contributed by atoms with E-state index in [-0.39, 0.29) is 0 Å². The van der Waals surface area contributed by atoms with Crippen molar-refractivity contribution in [1.82, 2.24) is 4.98 Å². The molecule has 0 spiro atoms. The summed E-state index contributed by atoms with van der Waals surface area (Å²) in [6, 6.07) is 8.43. The fraction of sp³-hybridized carbons (Fsp3) is 0.357. The average molecular weight is 247 g/mol. The molecule has 0 amide bonds. The first-order valence-corrected chi connectivity index (χ1v) is 6.66. The van der Waals surface area contributed by atoms with Crippen molar-refractivity contribution in [1.29, 1.82) is 0 Å². The summed E-state index contributed by atoms with van der Waals surface area (Å²) in [4.78, 5) is 4.48. The highest BCUT2D eigenvalue weighted by atomic mass is 32.1. The van der Waals surface area contributed by atoms with Gasteiger partial charge in [0.1, 0.15) is 10.6 Å². The van der Waals surface area contributed by atoms with Gasteiger partial charge in [0.05, 0.1) is 5.69 Å². The van der Waals surface area contributed by atoms with E-state index in [1.807, 2.05) is 5.38 Å². The molecule has 0 aliphatic rings. The molecule has 3 heteroatoms. The summed E-state index contributed by atoms with van der Waals surface area (Å²) >= 11 is 1.57. The van der Waals surface area contributed by atoms with Crippen molar-refractivity contribution in [2.75, 3.05) is 0 Å². The lowest BCUT2D eigenvalue weighted by molar-refractivity contribution is 0.0746.